The fraction of sp³-hybridized carbons (Fsp3) is 0.706. The molecular weight excluding hydrogens is 340 g/mol. The summed E-state index contributed by atoms with van der Waals surface area (Å²) in [5.74, 6) is 0.0455. The van der Waals surface area contributed by atoms with Gasteiger partial charge in [-0.1, -0.05) is 19.8 Å². The Kier molecular flexibility index (Phi) is 5.22. The lowest BCUT2D eigenvalue weighted by atomic mass is 9.74. The molecule has 0 bridgehead atoms. The van der Waals surface area contributed by atoms with Crippen molar-refractivity contribution in [3.8, 4) is 0 Å². The number of H-pyrrole nitrogens is 1. The van der Waals surface area contributed by atoms with Crippen LogP contribution in [0.15, 0.2) is 17.2 Å². The number of hydrogen-bond donors (Lipinski definition) is 3. The first-order valence-electron chi connectivity index (χ1n) is 9.10. The fourth-order valence-corrected chi connectivity index (χ4v) is 5.51. The van der Waals surface area contributed by atoms with Gasteiger partial charge in [0.1, 0.15) is 10.6 Å². The molecule has 0 spiro atoms. The first kappa shape index (κ1) is 18.4. The summed E-state index contributed by atoms with van der Waals surface area (Å²) in [6, 6.07) is 1.43. The molecule has 7 nitrogen and oxygen atoms in total. The minimum Gasteiger partial charge on any atom is -0.356 e. The second kappa shape index (κ2) is 7.09. The fourth-order valence-electron chi connectivity index (χ4n) is 3.98. The summed E-state index contributed by atoms with van der Waals surface area (Å²) in [5.41, 5.74) is 5.67. The Bertz CT molecular complexity index is 724. The summed E-state index contributed by atoms with van der Waals surface area (Å²) in [5, 5.41) is 0. The Balaban J connectivity index is 1.79. The van der Waals surface area contributed by atoms with Crippen molar-refractivity contribution in [1.82, 2.24) is 14.6 Å². The normalized spacial score (nSPS) is 27.6. The molecule has 25 heavy (non-hydrogen) atoms. The van der Waals surface area contributed by atoms with Crippen molar-refractivity contribution in [2.75, 3.05) is 19.6 Å². The summed E-state index contributed by atoms with van der Waals surface area (Å²) < 4.78 is 28.6. The number of sulfonamides is 1. The minimum atomic E-state index is -3.73. The highest BCUT2D eigenvalue weighted by Crippen LogP contribution is 2.34. The number of aromatic amines is 1. The van der Waals surface area contributed by atoms with Crippen LogP contribution < -0.4 is 10.5 Å². The number of nitrogens with zero attached hydrogens (tertiary/aromatic N) is 1. The molecule has 2 atom stereocenters. The number of nitrogens with one attached hydrogen (secondary N) is 2. The standard InChI is InChI=1S/C17H28N4O3S/c1-13-6-2-3-7-17(13,12-18)20-25(23,24)14-10-15(19-11-14)16(22)21-8-4-5-9-21/h10-11,13,19-20H,2-9,12,18H2,1H3. The first-order valence-corrected chi connectivity index (χ1v) is 10.6. The molecule has 1 aliphatic heterocycles. The number of carbonyl (C=O) groups is 1. The van der Waals surface area contributed by atoms with Gasteiger partial charge in [-0.25, -0.2) is 13.1 Å². The SMILES string of the molecule is CC1CCCCC1(CN)NS(=O)(=O)c1c[nH]c(C(=O)N2CCCC2)c1. The van der Waals surface area contributed by atoms with Gasteiger partial charge < -0.3 is 15.6 Å². The Labute approximate surface area is 149 Å². The Hall–Kier alpha value is -1.38. The Morgan fingerprint density at radius 2 is 2.08 bits per heavy atom. The van der Waals surface area contributed by atoms with Crippen LogP contribution in [0.25, 0.3) is 0 Å². The lowest BCUT2D eigenvalue weighted by Crippen LogP contribution is -2.58. The predicted octanol–water partition coefficient (Wildman–Crippen LogP) is 1.44. The van der Waals surface area contributed by atoms with Gasteiger partial charge in [-0.3, -0.25) is 4.79 Å². The van der Waals surface area contributed by atoms with E-state index in [1.54, 1.807) is 4.90 Å². The van der Waals surface area contributed by atoms with E-state index >= 15 is 0 Å². The molecule has 8 heteroatoms. The van der Waals surface area contributed by atoms with Gasteiger partial charge in [-0.2, -0.15) is 0 Å². The monoisotopic (exact) mass is 368 g/mol. The highest BCUT2D eigenvalue weighted by molar-refractivity contribution is 7.89. The molecule has 1 aromatic rings. The number of carbonyl (C=O) groups excluding carboxylic acids is 1. The molecule has 1 aromatic heterocycles. The zero-order chi connectivity index (χ0) is 18.1. The molecule has 1 aliphatic carbocycles. The van der Waals surface area contributed by atoms with Gasteiger partial charge in [-0.15, -0.1) is 0 Å². The first-order chi connectivity index (χ1) is 11.9. The van der Waals surface area contributed by atoms with Crippen LogP contribution in [-0.2, 0) is 10.0 Å². The maximum Gasteiger partial charge on any atom is 0.270 e. The van der Waals surface area contributed by atoms with Gasteiger partial charge >= 0.3 is 0 Å². The van der Waals surface area contributed by atoms with Crippen molar-refractivity contribution in [2.24, 2.45) is 11.7 Å². The summed E-state index contributed by atoms with van der Waals surface area (Å²) in [6.07, 6.45) is 7.16. The van der Waals surface area contributed by atoms with Gasteiger partial charge in [0, 0.05) is 31.4 Å². The van der Waals surface area contributed by atoms with Crippen LogP contribution in [0.3, 0.4) is 0 Å². The summed E-state index contributed by atoms with van der Waals surface area (Å²) in [4.78, 5) is 17.1. The van der Waals surface area contributed by atoms with Crippen molar-refractivity contribution >= 4 is 15.9 Å². The third-order valence-electron chi connectivity index (χ3n) is 5.75. The second-order valence-electron chi connectivity index (χ2n) is 7.36. The van der Waals surface area contributed by atoms with E-state index in [1.807, 2.05) is 6.92 Å². The molecule has 4 N–H and O–H groups in total. The molecular formula is C17H28N4O3S. The van der Waals surface area contributed by atoms with Crippen LogP contribution in [0, 0.1) is 5.92 Å². The maximum absolute atomic E-state index is 12.9. The van der Waals surface area contributed by atoms with Crippen LogP contribution in [0.4, 0.5) is 0 Å². The van der Waals surface area contributed by atoms with E-state index in [-0.39, 0.29) is 23.3 Å². The van der Waals surface area contributed by atoms with Gasteiger partial charge in [0.25, 0.3) is 5.91 Å². The predicted molar refractivity (Wildman–Crippen MR) is 95.7 cm³/mol. The van der Waals surface area contributed by atoms with E-state index in [0.29, 0.717) is 5.69 Å². The number of amides is 1. The number of rotatable bonds is 5. The van der Waals surface area contributed by atoms with Crippen LogP contribution in [-0.4, -0.2) is 49.4 Å². The molecule has 2 fully saturated rings. The molecule has 1 saturated heterocycles. The van der Waals surface area contributed by atoms with Crippen molar-refractivity contribution < 1.29 is 13.2 Å². The van der Waals surface area contributed by atoms with E-state index in [4.69, 9.17) is 5.73 Å². The molecule has 1 amide bonds. The van der Waals surface area contributed by atoms with Gasteiger partial charge in [0.2, 0.25) is 10.0 Å². The number of aromatic nitrogens is 1. The van der Waals surface area contributed by atoms with Crippen molar-refractivity contribution in [3.63, 3.8) is 0 Å². The molecule has 1 saturated carbocycles. The lowest BCUT2D eigenvalue weighted by molar-refractivity contribution is 0.0787. The average Bonchev–Trinajstić information content (AvgIpc) is 3.28. The van der Waals surface area contributed by atoms with Crippen LogP contribution in [0.1, 0.15) is 55.9 Å². The number of nitrogens with two attached hydrogens (primary N) is 1. The van der Waals surface area contributed by atoms with Crippen molar-refractivity contribution in [2.45, 2.75) is 55.9 Å². The second-order valence-corrected chi connectivity index (χ2v) is 9.04. The van der Waals surface area contributed by atoms with E-state index in [9.17, 15) is 13.2 Å². The largest absolute Gasteiger partial charge is 0.356 e. The topological polar surface area (TPSA) is 108 Å². The Morgan fingerprint density at radius 3 is 2.72 bits per heavy atom. The molecule has 2 aliphatic rings. The van der Waals surface area contributed by atoms with E-state index in [2.05, 4.69) is 9.71 Å². The van der Waals surface area contributed by atoms with Crippen LogP contribution in [0.2, 0.25) is 0 Å². The van der Waals surface area contributed by atoms with E-state index in [0.717, 1.165) is 51.6 Å². The molecule has 2 unspecified atom stereocenters. The lowest BCUT2D eigenvalue weighted by Gasteiger charge is -2.42. The summed E-state index contributed by atoms with van der Waals surface area (Å²) in [6.45, 7) is 3.78. The Morgan fingerprint density at radius 1 is 1.36 bits per heavy atom. The zero-order valence-electron chi connectivity index (χ0n) is 14.8. The van der Waals surface area contributed by atoms with E-state index in [1.165, 1.54) is 12.3 Å². The van der Waals surface area contributed by atoms with Gasteiger partial charge in [-0.05, 0) is 37.7 Å². The molecule has 0 radical (unpaired) electrons. The molecule has 3 rings (SSSR count). The maximum atomic E-state index is 12.9. The van der Waals surface area contributed by atoms with Crippen molar-refractivity contribution in [3.05, 3.63) is 18.0 Å². The van der Waals surface area contributed by atoms with Crippen molar-refractivity contribution in [1.29, 1.82) is 0 Å². The van der Waals surface area contributed by atoms with Crippen LogP contribution >= 0.6 is 0 Å². The third kappa shape index (κ3) is 3.61. The van der Waals surface area contributed by atoms with Crippen LogP contribution in [0.5, 0.6) is 0 Å². The highest BCUT2D eigenvalue weighted by Gasteiger charge is 2.41. The molecule has 2 heterocycles. The number of likely N-dealkylation sites (tertiary alicyclic amines) is 1. The summed E-state index contributed by atoms with van der Waals surface area (Å²) >= 11 is 0. The highest BCUT2D eigenvalue weighted by atomic mass is 32.2. The van der Waals surface area contributed by atoms with Gasteiger partial charge in [0.15, 0.2) is 0 Å². The average molecular weight is 369 g/mol. The number of hydrogen-bond acceptors (Lipinski definition) is 4. The molecule has 0 aromatic carbocycles. The smallest absolute Gasteiger partial charge is 0.270 e. The molecule has 140 valence electrons. The zero-order valence-corrected chi connectivity index (χ0v) is 15.6. The third-order valence-corrected chi connectivity index (χ3v) is 7.28. The van der Waals surface area contributed by atoms with E-state index < -0.39 is 15.6 Å². The van der Waals surface area contributed by atoms with Gasteiger partial charge in [0.05, 0.1) is 0 Å². The quantitative estimate of drug-likeness (QED) is 0.730. The minimum absolute atomic E-state index is 0.0978. The summed E-state index contributed by atoms with van der Waals surface area (Å²) in [7, 11) is -3.73.